The van der Waals surface area contributed by atoms with Gasteiger partial charge in [-0.15, -0.1) is 0 Å². The van der Waals surface area contributed by atoms with Crippen LogP contribution in [0, 0.1) is 0 Å². The van der Waals surface area contributed by atoms with Crippen LogP contribution in [0.3, 0.4) is 0 Å². The number of nitrogens with one attached hydrogen (secondary N) is 2. The molecule has 0 bridgehead atoms. The maximum absolute atomic E-state index is 5.58. The zero-order chi connectivity index (χ0) is 20.8. The molecule has 0 spiro atoms. The third kappa shape index (κ3) is 5.56. The first kappa shape index (κ1) is 21.3. The van der Waals surface area contributed by atoms with E-state index in [1.807, 2.05) is 19.2 Å². The second-order valence-corrected chi connectivity index (χ2v) is 7.65. The molecule has 154 valence electrons. The number of fused-ring (bicyclic) bond motifs is 3. The summed E-state index contributed by atoms with van der Waals surface area (Å²) < 4.78 is 0. The number of halogens is 2. The van der Waals surface area contributed by atoms with Gasteiger partial charge in [0.15, 0.2) is 5.96 Å². The number of aliphatic imine (C=N–C) groups is 1. The van der Waals surface area contributed by atoms with Crippen LogP contribution in [0.4, 0.5) is 5.69 Å². The van der Waals surface area contributed by atoms with Gasteiger partial charge in [0.1, 0.15) is 0 Å². The molecule has 0 amide bonds. The maximum atomic E-state index is 5.58. The first-order valence-corrected chi connectivity index (χ1v) is 10.2. The van der Waals surface area contributed by atoms with E-state index in [1.54, 1.807) is 12.1 Å². The van der Waals surface area contributed by atoms with E-state index < -0.39 is 0 Å². The van der Waals surface area contributed by atoms with Crippen LogP contribution in [-0.4, -0.2) is 42.5 Å². The Bertz CT molecular complexity index is 973. The molecule has 6 N–H and O–H groups in total. The van der Waals surface area contributed by atoms with Crippen LogP contribution >= 0.6 is 23.2 Å². The zero-order valence-electron chi connectivity index (χ0n) is 16.4. The number of guanidine groups is 1. The zero-order valence-corrected chi connectivity index (χ0v) is 17.9. The fourth-order valence-electron chi connectivity index (χ4n) is 3.40. The van der Waals surface area contributed by atoms with Crippen LogP contribution in [0.1, 0.15) is 11.3 Å². The standard InChI is InChI=1S/C15H22N6.C6H4Cl2/c1-18-10-2-3-13-12(8-10)11-4-6-21(9-14(11)20-13)7-5-19-15(16)17;7-5-3-1-2-4-6(5)8/h2-3,8,18,20H,4-7,9H2,1H3,(H4,16,17,19);1-4H. The number of nitrogens with two attached hydrogens (primary N) is 2. The smallest absolute Gasteiger partial charge is 0.185 e. The lowest BCUT2D eigenvalue weighted by molar-refractivity contribution is 0.259. The number of hydrogen-bond donors (Lipinski definition) is 4. The Morgan fingerprint density at radius 2 is 1.90 bits per heavy atom. The fraction of sp³-hybridized carbons (Fsp3) is 0.286. The van der Waals surface area contributed by atoms with Crippen molar-refractivity contribution in [2.45, 2.75) is 13.0 Å². The van der Waals surface area contributed by atoms with Gasteiger partial charge in [-0.1, -0.05) is 35.3 Å². The summed E-state index contributed by atoms with van der Waals surface area (Å²) in [6.07, 6.45) is 1.06. The second-order valence-electron chi connectivity index (χ2n) is 6.84. The number of aromatic amines is 1. The Morgan fingerprint density at radius 3 is 2.52 bits per heavy atom. The summed E-state index contributed by atoms with van der Waals surface area (Å²) in [7, 11) is 1.95. The van der Waals surface area contributed by atoms with E-state index in [1.165, 1.54) is 22.2 Å². The molecule has 0 saturated heterocycles. The molecule has 0 fully saturated rings. The largest absolute Gasteiger partial charge is 0.388 e. The molecule has 0 saturated carbocycles. The van der Waals surface area contributed by atoms with Gasteiger partial charge in [-0.2, -0.15) is 0 Å². The average Bonchev–Trinajstić information content (AvgIpc) is 3.07. The van der Waals surface area contributed by atoms with E-state index in [0.29, 0.717) is 16.6 Å². The first-order valence-electron chi connectivity index (χ1n) is 9.47. The maximum Gasteiger partial charge on any atom is 0.185 e. The third-order valence-corrected chi connectivity index (χ3v) is 5.63. The van der Waals surface area contributed by atoms with Crippen molar-refractivity contribution in [3.8, 4) is 0 Å². The predicted octanol–water partition coefficient (Wildman–Crippen LogP) is 3.83. The molecular formula is C21H26Cl2N6. The molecule has 0 unspecified atom stereocenters. The molecule has 1 aliphatic rings. The van der Waals surface area contributed by atoms with Gasteiger partial charge in [0.25, 0.3) is 0 Å². The fourth-order valence-corrected chi connectivity index (χ4v) is 3.67. The minimum Gasteiger partial charge on any atom is -0.388 e. The van der Waals surface area contributed by atoms with Crippen molar-refractivity contribution in [3.63, 3.8) is 0 Å². The van der Waals surface area contributed by atoms with Crippen LogP contribution in [0.25, 0.3) is 10.9 Å². The molecule has 0 radical (unpaired) electrons. The number of H-pyrrole nitrogens is 1. The molecule has 6 nitrogen and oxygen atoms in total. The lowest BCUT2D eigenvalue weighted by Crippen LogP contribution is -2.33. The Hall–Kier alpha value is -2.41. The molecule has 29 heavy (non-hydrogen) atoms. The summed E-state index contributed by atoms with van der Waals surface area (Å²) in [6.45, 7) is 3.51. The molecule has 1 aromatic heterocycles. The summed E-state index contributed by atoms with van der Waals surface area (Å²) in [6, 6.07) is 13.7. The van der Waals surface area contributed by atoms with Gasteiger partial charge in [0.2, 0.25) is 0 Å². The molecule has 8 heteroatoms. The van der Waals surface area contributed by atoms with Crippen molar-refractivity contribution in [1.29, 1.82) is 0 Å². The minimum atomic E-state index is 0.165. The van der Waals surface area contributed by atoms with Gasteiger partial charge in [-0.05, 0) is 42.3 Å². The van der Waals surface area contributed by atoms with E-state index in [0.717, 1.165) is 31.7 Å². The highest BCUT2D eigenvalue weighted by Crippen LogP contribution is 2.29. The van der Waals surface area contributed by atoms with Gasteiger partial charge in [-0.25, -0.2) is 0 Å². The van der Waals surface area contributed by atoms with Crippen LogP contribution in [0.2, 0.25) is 10.0 Å². The summed E-state index contributed by atoms with van der Waals surface area (Å²) in [4.78, 5) is 9.97. The number of hydrogen-bond acceptors (Lipinski definition) is 3. The van der Waals surface area contributed by atoms with Crippen molar-refractivity contribution in [1.82, 2.24) is 9.88 Å². The van der Waals surface area contributed by atoms with Gasteiger partial charge in [-0.3, -0.25) is 9.89 Å². The van der Waals surface area contributed by atoms with Crippen molar-refractivity contribution in [2.24, 2.45) is 16.5 Å². The highest BCUT2D eigenvalue weighted by Gasteiger charge is 2.20. The van der Waals surface area contributed by atoms with Crippen molar-refractivity contribution >= 4 is 45.8 Å². The molecule has 1 aliphatic heterocycles. The van der Waals surface area contributed by atoms with E-state index >= 15 is 0 Å². The molecular weight excluding hydrogens is 407 g/mol. The summed E-state index contributed by atoms with van der Waals surface area (Å²) in [5.74, 6) is 0.165. The van der Waals surface area contributed by atoms with E-state index in [-0.39, 0.29) is 5.96 Å². The molecule has 0 aliphatic carbocycles. The quantitative estimate of drug-likeness (QED) is 0.372. The van der Waals surface area contributed by atoms with Gasteiger partial charge in [0, 0.05) is 49.0 Å². The van der Waals surface area contributed by atoms with Crippen LogP contribution in [0.15, 0.2) is 47.5 Å². The van der Waals surface area contributed by atoms with Gasteiger partial charge in [0.05, 0.1) is 16.6 Å². The summed E-state index contributed by atoms with van der Waals surface area (Å²) >= 11 is 11.2. The summed E-state index contributed by atoms with van der Waals surface area (Å²) in [5.41, 5.74) is 15.8. The van der Waals surface area contributed by atoms with Crippen molar-refractivity contribution < 1.29 is 0 Å². The number of aromatic nitrogens is 1. The van der Waals surface area contributed by atoms with Crippen LogP contribution in [-0.2, 0) is 13.0 Å². The Kier molecular flexibility index (Phi) is 7.25. The monoisotopic (exact) mass is 432 g/mol. The Balaban J connectivity index is 0.000000252. The van der Waals surface area contributed by atoms with Crippen LogP contribution < -0.4 is 16.8 Å². The Morgan fingerprint density at radius 1 is 1.17 bits per heavy atom. The highest BCUT2D eigenvalue weighted by molar-refractivity contribution is 6.41. The lowest BCUT2D eigenvalue weighted by Gasteiger charge is -2.26. The molecule has 4 rings (SSSR count). The van der Waals surface area contributed by atoms with E-state index in [4.69, 9.17) is 34.7 Å². The molecule has 2 heterocycles. The van der Waals surface area contributed by atoms with Crippen LogP contribution in [0.5, 0.6) is 0 Å². The van der Waals surface area contributed by atoms with E-state index in [9.17, 15) is 0 Å². The SMILES string of the molecule is CNc1ccc2[nH]c3c(c2c1)CCN(CCN=C(N)N)C3.Clc1ccccc1Cl. The topological polar surface area (TPSA) is 95.5 Å². The third-order valence-electron chi connectivity index (χ3n) is 4.88. The molecule has 2 aromatic carbocycles. The number of benzene rings is 2. The minimum absolute atomic E-state index is 0.165. The first-order chi connectivity index (χ1) is 14.0. The van der Waals surface area contributed by atoms with E-state index in [2.05, 4.69) is 38.4 Å². The average molecular weight is 433 g/mol. The number of nitrogens with zero attached hydrogens (tertiary/aromatic N) is 2. The predicted molar refractivity (Wildman–Crippen MR) is 124 cm³/mol. The van der Waals surface area contributed by atoms with Crippen molar-refractivity contribution in [2.75, 3.05) is 32.0 Å². The second kappa shape index (κ2) is 9.87. The molecule has 0 atom stereocenters. The number of anilines is 1. The Labute approximate surface area is 180 Å². The summed E-state index contributed by atoms with van der Waals surface area (Å²) in [5, 5.41) is 5.75. The van der Waals surface area contributed by atoms with Gasteiger partial charge < -0.3 is 21.8 Å². The number of rotatable bonds is 4. The normalized spacial score (nSPS) is 13.3. The van der Waals surface area contributed by atoms with Gasteiger partial charge >= 0.3 is 0 Å². The van der Waals surface area contributed by atoms with Crippen molar-refractivity contribution in [3.05, 3.63) is 63.8 Å². The molecule has 3 aromatic rings. The highest BCUT2D eigenvalue weighted by atomic mass is 35.5. The lowest BCUT2D eigenvalue weighted by atomic mass is 10.0.